The van der Waals surface area contributed by atoms with E-state index in [2.05, 4.69) is 20.8 Å². The average molecular weight is 359 g/mol. The first kappa shape index (κ1) is 16.0. The molecule has 0 saturated carbocycles. The summed E-state index contributed by atoms with van der Waals surface area (Å²) in [6.45, 7) is 7.72. The van der Waals surface area contributed by atoms with E-state index in [1.165, 1.54) is 6.07 Å². The van der Waals surface area contributed by atoms with Crippen LogP contribution in [0.2, 0.25) is 0 Å². The summed E-state index contributed by atoms with van der Waals surface area (Å²) >= 11 is 3.43. The van der Waals surface area contributed by atoms with Crippen molar-refractivity contribution in [2.75, 3.05) is 24.6 Å². The molecular formula is C14H19BrN2O4. The normalized spacial score (nSPS) is 22.2. The molecule has 1 heterocycles. The fourth-order valence-electron chi connectivity index (χ4n) is 2.56. The molecule has 0 bridgehead atoms. The lowest BCUT2D eigenvalue weighted by molar-refractivity contribution is -0.385. The number of morpholine rings is 1. The standard InChI is InChI=1S/C14H19BrN2O4/c1-4-20-14-6-12(11(15)5-13(14)17(18)19)16-7-9(2)21-10(3)8-16/h5-6,9-10H,4,7-8H2,1-3H3/t9-,10+. The van der Waals surface area contributed by atoms with Crippen LogP contribution in [0, 0.1) is 10.1 Å². The fraction of sp³-hybridized carbons (Fsp3) is 0.571. The molecule has 0 aromatic heterocycles. The van der Waals surface area contributed by atoms with E-state index in [4.69, 9.17) is 9.47 Å². The zero-order valence-electron chi connectivity index (χ0n) is 12.3. The zero-order valence-corrected chi connectivity index (χ0v) is 13.9. The lowest BCUT2D eigenvalue weighted by Crippen LogP contribution is -2.45. The minimum atomic E-state index is -0.426. The zero-order chi connectivity index (χ0) is 15.6. The number of nitrogens with zero attached hydrogens (tertiary/aromatic N) is 2. The Hall–Kier alpha value is -1.34. The SMILES string of the molecule is CCOc1cc(N2C[C@@H](C)O[C@@H](C)C2)c(Br)cc1[N+](=O)[O-]. The Balaban J connectivity index is 2.39. The van der Waals surface area contributed by atoms with Gasteiger partial charge in [-0.25, -0.2) is 0 Å². The molecule has 1 aliphatic heterocycles. The number of benzene rings is 1. The molecule has 0 aliphatic carbocycles. The molecule has 6 nitrogen and oxygen atoms in total. The van der Waals surface area contributed by atoms with Gasteiger partial charge in [-0.15, -0.1) is 0 Å². The van der Waals surface area contributed by atoms with Crippen LogP contribution in [-0.4, -0.2) is 36.8 Å². The van der Waals surface area contributed by atoms with Crippen molar-refractivity contribution in [1.29, 1.82) is 0 Å². The number of hydrogen-bond donors (Lipinski definition) is 0. The van der Waals surface area contributed by atoms with Crippen LogP contribution in [0.4, 0.5) is 11.4 Å². The molecular weight excluding hydrogens is 340 g/mol. The summed E-state index contributed by atoms with van der Waals surface area (Å²) in [5, 5.41) is 11.1. The Morgan fingerprint density at radius 3 is 2.57 bits per heavy atom. The maximum absolute atomic E-state index is 11.1. The van der Waals surface area contributed by atoms with E-state index >= 15 is 0 Å². The van der Waals surface area contributed by atoms with Gasteiger partial charge in [-0.3, -0.25) is 10.1 Å². The van der Waals surface area contributed by atoms with E-state index in [1.807, 2.05) is 20.8 Å². The molecule has 0 unspecified atom stereocenters. The molecule has 21 heavy (non-hydrogen) atoms. The molecule has 116 valence electrons. The van der Waals surface area contributed by atoms with Crippen LogP contribution in [-0.2, 0) is 4.74 Å². The van der Waals surface area contributed by atoms with E-state index < -0.39 is 4.92 Å². The third-order valence-electron chi connectivity index (χ3n) is 3.29. The quantitative estimate of drug-likeness (QED) is 0.609. The number of halogens is 1. The smallest absolute Gasteiger partial charge is 0.312 e. The topological polar surface area (TPSA) is 64.8 Å². The lowest BCUT2D eigenvalue weighted by atomic mass is 10.2. The van der Waals surface area contributed by atoms with Gasteiger partial charge in [0, 0.05) is 29.7 Å². The molecule has 1 saturated heterocycles. The second-order valence-corrected chi connectivity index (χ2v) is 5.98. The van der Waals surface area contributed by atoms with Crippen molar-refractivity contribution in [3.63, 3.8) is 0 Å². The summed E-state index contributed by atoms with van der Waals surface area (Å²) < 4.78 is 11.8. The number of ether oxygens (including phenoxy) is 2. The minimum Gasteiger partial charge on any atom is -0.487 e. The number of nitro groups is 1. The van der Waals surface area contributed by atoms with Crippen molar-refractivity contribution in [3.05, 3.63) is 26.7 Å². The molecule has 0 N–H and O–H groups in total. The molecule has 2 atom stereocenters. The van der Waals surface area contributed by atoms with Crippen LogP contribution in [0.1, 0.15) is 20.8 Å². The van der Waals surface area contributed by atoms with Gasteiger partial charge in [0.2, 0.25) is 0 Å². The van der Waals surface area contributed by atoms with E-state index in [-0.39, 0.29) is 17.9 Å². The predicted octanol–water partition coefficient (Wildman–Crippen LogP) is 3.37. The lowest BCUT2D eigenvalue weighted by Gasteiger charge is -2.37. The van der Waals surface area contributed by atoms with Crippen molar-refractivity contribution in [2.24, 2.45) is 0 Å². The van der Waals surface area contributed by atoms with Crippen LogP contribution < -0.4 is 9.64 Å². The van der Waals surface area contributed by atoms with Crippen molar-refractivity contribution in [1.82, 2.24) is 0 Å². The van der Waals surface area contributed by atoms with Gasteiger partial charge in [-0.1, -0.05) is 0 Å². The van der Waals surface area contributed by atoms with Gasteiger partial charge in [-0.05, 0) is 36.7 Å². The van der Waals surface area contributed by atoms with E-state index in [9.17, 15) is 10.1 Å². The Bertz CT molecular complexity index is 528. The van der Waals surface area contributed by atoms with Crippen molar-refractivity contribution in [3.8, 4) is 5.75 Å². The maximum atomic E-state index is 11.1. The van der Waals surface area contributed by atoms with E-state index in [1.54, 1.807) is 6.07 Å². The van der Waals surface area contributed by atoms with Crippen LogP contribution in [0.3, 0.4) is 0 Å². The minimum absolute atomic E-state index is 0.0261. The van der Waals surface area contributed by atoms with Gasteiger partial charge < -0.3 is 14.4 Å². The summed E-state index contributed by atoms with van der Waals surface area (Å²) in [5.41, 5.74) is 0.868. The Morgan fingerprint density at radius 1 is 1.43 bits per heavy atom. The number of anilines is 1. The summed E-state index contributed by atoms with van der Waals surface area (Å²) in [4.78, 5) is 12.8. The second-order valence-electron chi connectivity index (χ2n) is 5.12. The van der Waals surface area contributed by atoms with Gasteiger partial charge >= 0.3 is 5.69 Å². The van der Waals surface area contributed by atoms with Crippen LogP contribution in [0.15, 0.2) is 16.6 Å². The Morgan fingerprint density at radius 2 is 2.05 bits per heavy atom. The first-order valence-electron chi connectivity index (χ1n) is 6.93. The first-order chi connectivity index (χ1) is 9.92. The monoisotopic (exact) mass is 358 g/mol. The highest BCUT2D eigenvalue weighted by molar-refractivity contribution is 9.10. The fourth-order valence-corrected chi connectivity index (χ4v) is 3.14. The van der Waals surface area contributed by atoms with E-state index in [0.29, 0.717) is 16.8 Å². The summed E-state index contributed by atoms with van der Waals surface area (Å²) in [5.74, 6) is 0.299. The molecule has 0 amide bonds. The van der Waals surface area contributed by atoms with Gasteiger partial charge in [0.05, 0.1) is 29.4 Å². The van der Waals surface area contributed by atoms with Gasteiger partial charge in [0.1, 0.15) is 0 Å². The third-order valence-corrected chi connectivity index (χ3v) is 3.92. The molecule has 2 rings (SSSR count). The van der Waals surface area contributed by atoms with Crippen LogP contribution in [0.25, 0.3) is 0 Å². The maximum Gasteiger partial charge on any atom is 0.312 e. The molecule has 1 aromatic carbocycles. The van der Waals surface area contributed by atoms with Gasteiger partial charge in [-0.2, -0.15) is 0 Å². The number of hydrogen-bond acceptors (Lipinski definition) is 5. The number of nitro benzene ring substituents is 1. The van der Waals surface area contributed by atoms with Crippen molar-refractivity contribution in [2.45, 2.75) is 33.0 Å². The highest BCUT2D eigenvalue weighted by Crippen LogP contribution is 2.39. The molecule has 0 radical (unpaired) electrons. The molecule has 0 spiro atoms. The van der Waals surface area contributed by atoms with Crippen LogP contribution >= 0.6 is 15.9 Å². The number of rotatable bonds is 4. The van der Waals surface area contributed by atoms with E-state index in [0.717, 1.165) is 18.8 Å². The highest BCUT2D eigenvalue weighted by Gasteiger charge is 2.26. The summed E-state index contributed by atoms with van der Waals surface area (Å²) in [6.07, 6.45) is 0.234. The Labute approximate surface area is 132 Å². The third kappa shape index (κ3) is 3.65. The second kappa shape index (κ2) is 6.62. The summed E-state index contributed by atoms with van der Waals surface area (Å²) in [7, 11) is 0. The summed E-state index contributed by atoms with van der Waals surface area (Å²) in [6, 6.07) is 3.24. The average Bonchev–Trinajstić information content (AvgIpc) is 2.39. The Kier molecular flexibility index (Phi) is 5.05. The molecule has 1 aromatic rings. The largest absolute Gasteiger partial charge is 0.487 e. The highest BCUT2D eigenvalue weighted by atomic mass is 79.9. The molecule has 7 heteroatoms. The van der Waals surface area contributed by atoms with Gasteiger partial charge in [0.25, 0.3) is 0 Å². The first-order valence-corrected chi connectivity index (χ1v) is 7.72. The van der Waals surface area contributed by atoms with Crippen molar-refractivity contribution < 1.29 is 14.4 Å². The molecule has 1 fully saturated rings. The van der Waals surface area contributed by atoms with Gasteiger partial charge in [0.15, 0.2) is 5.75 Å². The predicted molar refractivity (Wildman–Crippen MR) is 84.2 cm³/mol. The van der Waals surface area contributed by atoms with Crippen LogP contribution in [0.5, 0.6) is 5.75 Å². The van der Waals surface area contributed by atoms with Crippen molar-refractivity contribution >= 4 is 27.3 Å². The molecule has 1 aliphatic rings.